The molecule has 4 aromatic rings. The monoisotopic (exact) mass is 483 g/mol. The molecular formula is C23H23F2N7O3. The number of hydrogen-bond acceptors (Lipinski definition) is 7. The summed E-state index contributed by atoms with van der Waals surface area (Å²) in [4.78, 5) is 36.0. The van der Waals surface area contributed by atoms with Gasteiger partial charge in [0.15, 0.2) is 5.82 Å². The summed E-state index contributed by atoms with van der Waals surface area (Å²) in [7, 11) is 1.27. The number of carbonyl (C=O) groups excluding carboxylic acids is 2. The van der Waals surface area contributed by atoms with E-state index in [0.29, 0.717) is 35.0 Å². The molecule has 3 aromatic heterocycles. The number of hydrogen-bond donors (Lipinski definition) is 3. The summed E-state index contributed by atoms with van der Waals surface area (Å²) in [5.41, 5.74) is 0.809. The number of nitrogens with one attached hydrogen (secondary N) is 3. The van der Waals surface area contributed by atoms with E-state index in [0.717, 1.165) is 6.07 Å². The maximum absolute atomic E-state index is 14.7. The first kappa shape index (κ1) is 23.8. The minimum Gasteiger partial charge on any atom is -0.465 e. The smallest absolute Gasteiger partial charge is 0.339 e. The molecule has 0 fully saturated rings. The lowest BCUT2D eigenvalue weighted by molar-refractivity contribution is 0.0599. The first-order chi connectivity index (χ1) is 16.8. The highest BCUT2D eigenvalue weighted by Crippen LogP contribution is 2.32. The molecule has 3 heterocycles. The highest BCUT2D eigenvalue weighted by Gasteiger charge is 2.24. The van der Waals surface area contributed by atoms with Gasteiger partial charge in [0.2, 0.25) is 0 Å². The summed E-state index contributed by atoms with van der Waals surface area (Å²) in [6.07, 6.45) is 6.39. The third-order valence-corrected chi connectivity index (χ3v) is 5.35. The summed E-state index contributed by atoms with van der Waals surface area (Å²) in [5, 5.41) is 9.55. The number of rotatable bonds is 8. The van der Waals surface area contributed by atoms with Gasteiger partial charge in [0.05, 0.1) is 23.9 Å². The van der Waals surface area contributed by atoms with Crippen molar-refractivity contribution < 1.29 is 23.1 Å². The lowest BCUT2D eigenvalue weighted by atomic mass is 10.00. The molecule has 0 bridgehead atoms. The lowest BCUT2D eigenvalue weighted by Gasteiger charge is -2.13. The van der Waals surface area contributed by atoms with Crippen LogP contribution in [0.3, 0.4) is 0 Å². The average molecular weight is 483 g/mol. The molecule has 1 amide bonds. The third kappa shape index (κ3) is 4.81. The summed E-state index contributed by atoms with van der Waals surface area (Å²) in [5.74, 6) is -2.47. The number of nitrogens with zero attached hydrogens (tertiary/aromatic N) is 4. The highest BCUT2D eigenvalue weighted by molar-refractivity contribution is 5.97. The fourth-order valence-electron chi connectivity index (χ4n) is 3.75. The van der Waals surface area contributed by atoms with Crippen LogP contribution in [-0.2, 0) is 11.2 Å². The maximum Gasteiger partial charge on any atom is 0.339 e. The number of amides is 1. The van der Waals surface area contributed by atoms with Crippen LogP contribution < -0.4 is 10.6 Å². The third-order valence-electron chi connectivity index (χ3n) is 5.35. The van der Waals surface area contributed by atoms with Crippen molar-refractivity contribution in [1.82, 2.24) is 29.9 Å². The molecule has 0 aliphatic rings. The molecule has 0 radical (unpaired) electrons. The molecule has 182 valence electrons. The molecule has 0 aliphatic heterocycles. The SMILES string of the molecule is COC(=O)c1cn2ncnc(Nc3cc(C(=O)NCCc4ncc[nH]4)c(F)cc3F)c2c1C(C)C. The van der Waals surface area contributed by atoms with E-state index >= 15 is 0 Å². The number of methoxy groups -OCH3 is 1. The Morgan fingerprint density at radius 2 is 1.97 bits per heavy atom. The minimum atomic E-state index is -1.00. The number of imidazole rings is 1. The normalized spacial score (nSPS) is 11.1. The quantitative estimate of drug-likeness (QED) is 0.328. The van der Waals surface area contributed by atoms with Gasteiger partial charge in [-0.2, -0.15) is 5.10 Å². The number of aromatic amines is 1. The van der Waals surface area contributed by atoms with Gasteiger partial charge in [-0.05, 0) is 12.0 Å². The predicted octanol–water partition coefficient (Wildman–Crippen LogP) is 3.36. The Morgan fingerprint density at radius 3 is 2.66 bits per heavy atom. The van der Waals surface area contributed by atoms with Crippen LogP contribution in [0.25, 0.3) is 5.52 Å². The van der Waals surface area contributed by atoms with Crippen LogP contribution >= 0.6 is 0 Å². The van der Waals surface area contributed by atoms with Crippen molar-refractivity contribution in [2.75, 3.05) is 19.0 Å². The molecule has 10 nitrogen and oxygen atoms in total. The van der Waals surface area contributed by atoms with Gasteiger partial charge in [-0.3, -0.25) is 4.79 Å². The fraction of sp³-hybridized carbons (Fsp3) is 0.261. The molecule has 0 saturated carbocycles. The zero-order valence-electron chi connectivity index (χ0n) is 19.2. The molecule has 12 heteroatoms. The van der Waals surface area contributed by atoms with Crippen molar-refractivity contribution >= 4 is 28.9 Å². The van der Waals surface area contributed by atoms with Crippen LogP contribution in [0.15, 0.2) is 37.1 Å². The van der Waals surface area contributed by atoms with Crippen molar-refractivity contribution in [1.29, 1.82) is 0 Å². The fourth-order valence-corrected chi connectivity index (χ4v) is 3.75. The largest absolute Gasteiger partial charge is 0.465 e. The number of anilines is 2. The van der Waals surface area contributed by atoms with E-state index < -0.39 is 23.5 Å². The second-order valence-electron chi connectivity index (χ2n) is 7.98. The summed E-state index contributed by atoms with van der Waals surface area (Å²) in [6, 6.07) is 1.70. The Morgan fingerprint density at radius 1 is 1.17 bits per heavy atom. The van der Waals surface area contributed by atoms with Gasteiger partial charge in [0, 0.05) is 43.2 Å². The number of esters is 1. The molecular weight excluding hydrogens is 460 g/mol. The number of fused-ring (bicyclic) bond motifs is 1. The van der Waals surface area contributed by atoms with E-state index in [1.54, 1.807) is 12.4 Å². The van der Waals surface area contributed by atoms with Crippen LogP contribution in [0.2, 0.25) is 0 Å². The van der Waals surface area contributed by atoms with E-state index in [2.05, 4.69) is 30.7 Å². The first-order valence-corrected chi connectivity index (χ1v) is 10.8. The van der Waals surface area contributed by atoms with E-state index in [4.69, 9.17) is 4.74 Å². The van der Waals surface area contributed by atoms with Crippen LogP contribution in [0, 0.1) is 11.6 Å². The van der Waals surface area contributed by atoms with E-state index in [9.17, 15) is 18.4 Å². The molecule has 0 aliphatic carbocycles. The maximum atomic E-state index is 14.7. The van der Waals surface area contributed by atoms with Crippen molar-refractivity contribution in [3.63, 3.8) is 0 Å². The average Bonchev–Trinajstić information content (AvgIpc) is 3.48. The first-order valence-electron chi connectivity index (χ1n) is 10.8. The van der Waals surface area contributed by atoms with E-state index in [1.807, 2.05) is 13.8 Å². The van der Waals surface area contributed by atoms with Gasteiger partial charge in [0.25, 0.3) is 5.91 Å². The molecule has 35 heavy (non-hydrogen) atoms. The summed E-state index contributed by atoms with van der Waals surface area (Å²) in [6.45, 7) is 3.96. The molecule has 1 aromatic carbocycles. The van der Waals surface area contributed by atoms with Crippen molar-refractivity contribution in [3.05, 3.63) is 71.2 Å². The lowest BCUT2D eigenvalue weighted by Crippen LogP contribution is -2.27. The zero-order valence-corrected chi connectivity index (χ0v) is 19.2. The van der Waals surface area contributed by atoms with Gasteiger partial charge < -0.3 is 20.4 Å². The van der Waals surface area contributed by atoms with Gasteiger partial charge in [-0.15, -0.1) is 0 Å². The molecule has 3 N–H and O–H groups in total. The number of aromatic nitrogens is 5. The van der Waals surface area contributed by atoms with Crippen LogP contribution in [0.5, 0.6) is 0 Å². The van der Waals surface area contributed by atoms with E-state index in [-0.39, 0.29) is 29.5 Å². The molecule has 0 saturated heterocycles. The highest BCUT2D eigenvalue weighted by atomic mass is 19.1. The van der Waals surface area contributed by atoms with Crippen molar-refractivity contribution in [2.24, 2.45) is 0 Å². The Kier molecular flexibility index (Phi) is 6.71. The topological polar surface area (TPSA) is 126 Å². The zero-order chi connectivity index (χ0) is 25.1. The Labute approximate surface area is 198 Å². The van der Waals surface area contributed by atoms with Crippen LogP contribution in [-0.4, -0.2) is 50.1 Å². The number of H-pyrrole nitrogens is 1. The van der Waals surface area contributed by atoms with Gasteiger partial charge in [-0.1, -0.05) is 13.8 Å². The van der Waals surface area contributed by atoms with Gasteiger partial charge in [0.1, 0.15) is 29.3 Å². The molecule has 4 rings (SSSR count). The van der Waals surface area contributed by atoms with Gasteiger partial charge >= 0.3 is 5.97 Å². The van der Waals surface area contributed by atoms with Crippen molar-refractivity contribution in [3.8, 4) is 0 Å². The second-order valence-corrected chi connectivity index (χ2v) is 7.98. The van der Waals surface area contributed by atoms with Crippen molar-refractivity contribution in [2.45, 2.75) is 26.2 Å². The summed E-state index contributed by atoms with van der Waals surface area (Å²) >= 11 is 0. The number of benzene rings is 1. The number of halogens is 2. The van der Waals surface area contributed by atoms with Gasteiger partial charge in [-0.25, -0.2) is 28.1 Å². The molecule has 0 spiro atoms. The number of carbonyl (C=O) groups is 2. The van der Waals surface area contributed by atoms with Crippen LogP contribution in [0.1, 0.15) is 51.9 Å². The Hall–Kier alpha value is -4.35. The Balaban J connectivity index is 1.66. The second kappa shape index (κ2) is 9.87. The molecule has 0 unspecified atom stereocenters. The Bertz CT molecular complexity index is 1380. The number of ether oxygens (including phenoxy) is 1. The summed E-state index contributed by atoms with van der Waals surface area (Å²) < 4.78 is 35.4. The standard InChI is InChI=1S/C23H23F2N7O3/c1-12(2)19-14(23(34)35-3)10-32-20(19)21(29-11-30-32)31-17-8-13(15(24)9-16(17)25)22(33)28-5-4-18-26-6-7-27-18/h6-12H,4-5H2,1-3H3,(H,26,27)(H,28,33)(H,29,30,31). The predicted molar refractivity (Wildman–Crippen MR) is 123 cm³/mol. The minimum absolute atomic E-state index is 0.130. The van der Waals surface area contributed by atoms with Crippen LogP contribution in [0.4, 0.5) is 20.3 Å². The molecule has 0 atom stereocenters. The van der Waals surface area contributed by atoms with E-state index in [1.165, 1.54) is 24.1 Å².